The van der Waals surface area contributed by atoms with Crippen molar-refractivity contribution in [1.82, 2.24) is 15.2 Å². The molecule has 2 N–H and O–H groups in total. The number of hydrogen-bond acceptors (Lipinski definition) is 4. The summed E-state index contributed by atoms with van der Waals surface area (Å²) >= 11 is 5.28. The van der Waals surface area contributed by atoms with Gasteiger partial charge in [-0.05, 0) is 68.4 Å². The van der Waals surface area contributed by atoms with E-state index in [-0.39, 0.29) is 5.82 Å². The highest BCUT2D eigenvalue weighted by molar-refractivity contribution is 7.80. The summed E-state index contributed by atoms with van der Waals surface area (Å²) < 4.78 is 15.0. The molecule has 4 rings (SSSR count). The van der Waals surface area contributed by atoms with Crippen molar-refractivity contribution >= 4 is 35.1 Å². The van der Waals surface area contributed by atoms with Crippen LogP contribution in [-0.2, 0) is 0 Å². The maximum Gasteiger partial charge on any atom is 0.191 e. The van der Waals surface area contributed by atoms with Gasteiger partial charge in [0, 0.05) is 18.8 Å². The summed E-state index contributed by atoms with van der Waals surface area (Å²) in [7, 11) is 0. The molecule has 0 atom stereocenters. The monoisotopic (exact) mass is 422 g/mol. The van der Waals surface area contributed by atoms with Crippen LogP contribution < -0.4 is 15.6 Å². The quantitative estimate of drug-likeness (QED) is 0.366. The number of hydrazone groups is 1. The van der Waals surface area contributed by atoms with E-state index in [1.807, 2.05) is 41.9 Å². The normalized spacial score (nSPS) is 13.7. The molecule has 2 heterocycles. The summed E-state index contributed by atoms with van der Waals surface area (Å²) in [6.07, 6.45) is 4.09. The van der Waals surface area contributed by atoms with E-state index < -0.39 is 0 Å². The fourth-order valence-corrected chi connectivity index (χ4v) is 3.68. The molecule has 1 fully saturated rings. The zero-order chi connectivity index (χ0) is 20.9. The SMILES string of the molecule is Cc1nn(-c2ccccc2)c(N2CCCC2)c1/C=N\NC(=S)Nc1ccc(F)cc1. The van der Waals surface area contributed by atoms with E-state index in [1.165, 1.54) is 25.0 Å². The number of benzene rings is 2. The average molecular weight is 423 g/mol. The molecule has 6 nitrogen and oxygen atoms in total. The van der Waals surface area contributed by atoms with Gasteiger partial charge in [-0.2, -0.15) is 10.2 Å². The van der Waals surface area contributed by atoms with Crippen molar-refractivity contribution in [1.29, 1.82) is 0 Å². The molecule has 30 heavy (non-hydrogen) atoms. The smallest absolute Gasteiger partial charge is 0.191 e. The summed E-state index contributed by atoms with van der Waals surface area (Å²) in [6, 6.07) is 16.1. The molecule has 0 unspecified atom stereocenters. The maximum absolute atomic E-state index is 13.0. The molecule has 0 aliphatic carbocycles. The minimum atomic E-state index is -0.294. The van der Waals surface area contributed by atoms with Gasteiger partial charge in [-0.3, -0.25) is 5.43 Å². The zero-order valence-corrected chi connectivity index (χ0v) is 17.5. The van der Waals surface area contributed by atoms with Crippen molar-refractivity contribution in [3.8, 4) is 5.69 Å². The molecule has 0 spiro atoms. The predicted molar refractivity (Wildman–Crippen MR) is 123 cm³/mol. The van der Waals surface area contributed by atoms with E-state index in [1.54, 1.807) is 18.3 Å². The number of halogens is 1. The lowest BCUT2D eigenvalue weighted by atomic mass is 10.2. The van der Waals surface area contributed by atoms with Crippen LogP contribution in [0.1, 0.15) is 24.1 Å². The predicted octanol–water partition coefficient (Wildman–Crippen LogP) is 4.24. The molecule has 0 amide bonds. The van der Waals surface area contributed by atoms with E-state index in [0.717, 1.165) is 35.9 Å². The number of aryl methyl sites for hydroxylation is 1. The first-order chi connectivity index (χ1) is 14.6. The third kappa shape index (κ3) is 4.49. The fraction of sp³-hybridized carbons (Fsp3) is 0.227. The van der Waals surface area contributed by atoms with Crippen molar-refractivity contribution in [3.05, 3.63) is 71.7 Å². The van der Waals surface area contributed by atoms with Crippen molar-refractivity contribution in [2.75, 3.05) is 23.3 Å². The molecule has 2 aromatic carbocycles. The Labute approximate surface area is 180 Å². The number of aromatic nitrogens is 2. The Kier molecular flexibility index (Phi) is 6.04. The van der Waals surface area contributed by atoms with E-state index in [0.29, 0.717) is 10.8 Å². The van der Waals surface area contributed by atoms with Crippen LogP contribution in [0.2, 0.25) is 0 Å². The van der Waals surface area contributed by atoms with Gasteiger partial charge in [-0.15, -0.1) is 0 Å². The molecule has 154 valence electrons. The molecular formula is C22H23FN6S. The molecule has 3 aromatic rings. The minimum absolute atomic E-state index is 0.294. The number of nitrogens with zero attached hydrogens (tertiary/aromatic N) is 4. The lowest BCUT2D eigenvalue weighted by Crippen LogP contribution is -2.24. The lowest BCUT2D eigenvalue weighted by molar-refractivity contribution is 0.628. The Morgan fingerprint density at radius 3 is 2.50 bits per heavy atom. The molecular weight excluding hydrogens is 399 g/mol. The second kappa shape index (κ2) is 9.04. The summed E-state index contributed by atoms with van der Waals surface area (Å²) in [6.45, 7) is 3.98. The number of para-hydroxylation sites is 1. The summed E-state index contributed by atoms with van der Waals surface area (Å²) in [5.74, 6) is 0.747. The van der Waals surface area contributed by atoms with Gasteiger partial charge < -0.3 is 10.2 Å². The number of hydrogen-bond donors (Lipinski definition) is 2. The number of nitrogens with one attached hydrogen (secondary N) is 2. The van der Waals surface area contributed by atoms with Gasteiger partial charge in [0.25, 0.3) is 0 Å². The zero-order valence-electron chi connectivity index (χ0n) is 16.7. The maximum atomic E-state index is 13.0. The van der Waals surface area contributed by atoms with E-state index >= 15 is 0 Å². The van der Waals surface area contributed by atoms with Gasteiger partial charge in [0.05, 0.1) is 23.2 Å². The van der Waals surface area contributed by atoms with Crippen LogP contribution >= 0.6 is 12.2 Å². The van der Waals surface area contributed by atoms with E-state index in [4.69, 9.17) is 17.3 Å². The lowest BCUT2D eigenvalue weighted by Gasteiger charge is -2.20. The molecule has 0 radical (unpaired) electrons. The van der Waals surface area contributed by atoms with Gasteiger partial charge in [0.15, 0.2) is 5.11 Å². The highest BCUT2D eigenvalue weighted by Gasteiger charge is 2.23. The average Bonchev–Trinajstić information content (AvgIpc) is 3.39. The summed E-state index contributed by atoms with van der Waals surface area (Å²) in [5.41, 5.74) is 6.38. The number of anilines is 2. The Hall–Kier alpha value is -3.26. The third-order valence-electron chi connectivity index (χ3n) is 4.95. The molecule has 1 aromatic heterocycles. The Morgan fingerprint density at radius 1 is 1.10 bits per heavy atom. The Balaban J connectivity index is 1.55. The molecule has 0 bridgehead atoms. The van der Waals surface area contributed by atoms with Crippen molar-refractivity contribution in [2.24, 2.45) is 5.10 Å². The highest BCUT2D eigenvalue weighted by Crippen LogP contribution is 2.28. The van der Waals surface area contributed by atoms with Gasteiger partial charge in [0.1, 0.15) is 11.6 Å². The first kappa shape index (κ1) is 20.0. The number of rotatable bonds is 5. The van der Waals surface area contributed by atoms with Crippen molar-refractivity contribution in [3.63, 3.8) is 0 Å². The minimum Gasteiger partial charge on any atom is -0.356 e. The Morgan fingerprint density at radius 2 is 1.80 bits per heavy atom. The summed E-state index contributed by atoms with van der Waals surface area (Å²) in [5, 5.41) is 12.4. The van der Waals surface area contributed by atoms with Crippen LogP contribution in [0, 0.1) is 12.7 Å². The van der Waals surface area contributed by atoms with Crippen LogP contribution in [0.25, 0.3) is 5.69 Å². The second-order valence-corrected chi connectivity index (χ2v) is 7.50. The fourth-order valence-electron chi connectivity index (χ4n) is 3.51. The topological polar surface area (TPSA) is 57.5 Å². The van der Waals surface area contributed by atoms with Crippen LogP contribution in [0.3, 0.4) is 0 Å². The second-order valence-electron chi connectivity index (χ2n) is 7.10. The van der Waals surface area contributed by atoms with Gasteiger partial charge in [-0.1, -0.05) is 18.2 Å². The molecule has 8 heteroatoms. The largest absolute Gasteiger partial charge is 0.356 e. The van der Waals surface area contributed by atoms with Crippen LogP contribution in [0.5, 0.6) is 0 Å². The molecule has 1 aliphatic heterocycles. The molecule has 1 saturated heterocycles. The van der Waals surface area contributed by atoms with Gasteiger partial charge >= 0.3 is 0 Å². The summed E-state index contributed by atoms with van der Waals surface area (Å²) in [4.78, 5) is 2.35. The molecule has 1 aliphatic rings. The van der Waals surface area contributed by atoms with Gasteiger partial charge in [-0.25, -0.2) is 9.07 Å². The van der Waals surface area contributed by atoms with Gasteiger partial charge in [0.2, 0.25) is 0 Å². The first-order valence-electron chi connectivity index (χ1n) is 9.87. The Bertz CT molecular complexity index is 1040. The number of thiocarbonyl (C=S) groups is 1. The van der Waals surface area contributed by atoms with E-state index in [9.17, 15) is 4.39 Å². The van der Waals surface area contributed by atoms with Crippen LogP contribution in [0.15, 0.2) is 59.7 Å². The van der Waals surface area contributed by atoms with Crippen LogP contribution in [0.4, 0.5) is 15.9 Å². The van der Waals surface area contributed by atoms with Crippen molar-refractivity contribution in [2.45, 2.75) is 19.8 Å². The van der Waals surface area contributed by atoms with E-state index in [2.05, 4.69) is 20.7 Å². The first-order valence-corrected chi connectivity index (χ1v) is 10.3. The van der Waals surface area contributed by atoms with Crippen LogP contribution in [-0.4, -0.2) is 34.2 Å². The highest BCUT2D eigenvalue weighted by atomic mass is 32.1. The third-order valence-corrected chi connectivity index (χ3v) is 5.14. The van der Waals surface area contributed by atoms with Crippen molar-refractivity contribution < 1.29 is 4.39 Å². The standard InChI is InChI=1S/C22H23FN6S/c1-16-20(15-24-26-22(30)25-18-11-9-17(23)10-12-18)21(28-13-5-6-14-28)29(27-16)19-7-3-2-4-8-19/h2-4,7-12,15H,5-6,13-14H2,1H3,(H2,25,26,30)/b24-15-. The molecule has 0 saturated carbocycles.